The fraction of sp³-hybridized carbons (Fsp3) is 0.333. The molecule has 0 spiro atoms. The molecule has 1 aliphatic carbocycles. The number of fused-ring (bicyclic) bond motifs is 1. The van der Waals surface area contributed by atoms with Crippen LogP contribution in [0.2, 0.25) is 5.02 Å². The lowest BCUT2D eigenvalue weighted by Gasteiger charge is -2.15. The summed E-state index contributed by atoms with van der Waals surface area (Å²) in [6.45, 7) is 2.14. The molecular formula is C21H22ClN5O. The van der Waals surface area contributed by atoms with Crippen molar-refractivity contribution in [3.8, 4) is 0 Å². The highest BCUT2D eigenvalue weighted by atomic mass is 35.5. The van der Waals surface area contributed by atoms with Crippen molar-refractivity contribution in [3.63, 3.8) is 0 Å². The molecule has 6 nitrogen and oxygen atoms in total. The number of carbonyl (C=O) groups excluding carboxylic acids is 1. The predicted octanol–water partition coefficient (Wildman–Crippen LogP) is 4.33. The van der Waals surface area contributed by atoms with E-state index in [-0.39, 0.29) is 5.91 Å². The zero-order chi connectivity index (χ0) is 19.5. The Hall–Kier alpha value is -2.73. The summed E-state index contributed by atoms with van der Waals surface area (Å²) in [4.78, 5) is 12.8. The molecule has 2 N–H and O–H groups in total. The molecule has 0 fully saturated rings. The molecule has 0 radical (unpaired) electrons. The summed E-state index contributed by atoms with van der Waals surface area (Å²) in [6.07, 6.45) is 4.69. The Morgan fingerprint density at radius 3 is 2.79 bits per heavy atom. The van der Waals surface area contributed by atoms with Gasteiger partial charge in [0, 0.05) is 22.7 Å². The van der Waals surface area contributed by atoms with Crippen molar-refractivity contribution in [1.82, 2.24) is 20.6 Å². The van der Waals surface area contributed by atoms with E-state index < -0.39 is 0 Å². The number of nitrogens with one attached hydrogen (secondary N) is 2. The van der Waals surface area contributed by atoms with Crippen LogP contribution in [0.4, 0.5) is 5.69 Å². The number of amides is 1. The van der Waals surface area contributed by atoms with Crippen molar-refractivity contribution in [2.75, 3.05) is 5.32 Å². The lowest BCUT2D eigenvalue weighted by atomic mass is 9.93. The maximum atomic E-state index is 12.8. The van der Waals surface area contributed by atoms with E-state index in [4.69, 9.17) is 11.6 Å². The van der Waals surface area contributed by atoms with Crippen molar-refractivity contribution in [3.05, 3.63) is 69.5 Å². The van der Waals surface area contributed by atoms with Gasteiger partial charge in [-0.05, 0) is 72.6 Å². The van der Waals surface area contributed by atoms with Gasteiger partial charge in [-0.2, -0.15) is 5.21 Å². The maximum absolute atomic E-state index is 12.8. The molecule has 3 aromatic rings. The smallest absolute Gasteiger partial charge is 0.256 e. The molecule has 4 rings (SSSR count). The first kappa shape index (κ1) is 18.6. The number of aromatic nitrogens is 4. The topological polar surface area (TPSA) is 83.6 Å². The van der Waals surface area contributed by atoms with Crippen LogP contribution >= 0.6 is 11.6 Å². The number of hydrogen-bond acceptors (Lipinski definition) is 4. The number of aryl methyl sites for hydroxylation is 1. The quantitative estimate of drug-likeness (QED) is 0.650. The fourth-order valence-electron chi connectivity index (χ4n) is 3.89. The van der Waals surface area contributed by atoms with Crippen molar-refractivity contribution in [2.45, 2.75) is 44.9 Å². The number of tetrazole rings is 1. The molecule has 1 atom stereocenters. The average molecular weight is 396 g/mol. The molecule has 0 unspecified atom stereocenters. The van der Waals surface area contributed by atoms with Crippen LogP contribution in [0.15, 0.2) is 36.4 Å². The van der Waals surface area contributed by atoms with E-state index in [1.807, 2.05) is 30.3 Å². The summed E-state index contributed by atoms with van der Waals surface area (Å²) in [5, 5.41) is 17.8. The molecule has 0 aliphatic heterocycles. The highest BCUT2D eigenvalue weighted by Gasteiger charge is 2.20. The van der Waals surface area contributed by atoms with Crippen molar-refractivity contribution < 1.29 is 4.79 Å². The highest BCUT2D eigenvalue weighted by Crippen LogP contribution is 2.30. The minimum atomic E-state index is -0.104. The molecule has 2 aromatic carbocycles. The van der Waals surface area contributed by atoms with Crippen LogP contribution in [-0.2, 0) is 19.3 Å². The van der Waals surface area contributed by atoms with Crippen LogP contribution in [0.25, 0.3) is 0 Å². The zero-order valence-electron chi connectivity index (χ0n) is 15.7. The third-order valence-electron chi connectivity index (χ3n) is 5.38. The largest absolute Gasteiger partial charge is 0.322 e. The normalized spacial score (nSPS) is 13.9. The second kappa shape index (κ2) is 8.10. The van der Waals surface area contributed by atoms with Crippen LogP contribution < -0.4 is 5.32 Å². The van der Waals surface area contributed by atoms with Crippen molar-refractivity contribution in [1.29, 1.82) is 0 Å². The minimum Gasteiger partial charge on any atom is -0.322 e. The van der Waals surface area contributed by atoms with Gasteiger partial charge in [0.1, 0.15) is 0 Å². The third-order valence-corrected chi connectivity index (χ3v) is 5.59. The van der Waals surface area contributed by atoms with E-state index >= 15 is 0 Å². The van der Waals surface area contributed by atoms with Gasteiger partial charge in [0.05, 0.1) is 0 Å². The summed E-state index contributed by atoms with van der Waals surface area (Å²) in [5.41, 5.74) is 4.97. The van der Waals surface area contributed by atoms with E-state index in [2.05, 4.69) is 32.9 Å². The van der Waals surface area contributed by atoms with Gasteiger partial charge in [-0.3, -0.25) is 4.79 Å². The number of nitrogens with zero attached hydrogens (tertiary/aromatic N) is 3. The molecule has 0 saturated heterocycles. The number of halogens is 1. The van der Waals surface area contributed by atoms with Crippen molar-refractivity contribution in [2.24, 2.45) is 0 Å². The van der Waals surface area contributed by atoms with Gasteiger partial charge in [-0.1, -0.05) is 35.9 Å². The molecule has 1 aliphatic rings. The summed E-state index contributed by atoms with van der Waals surface area (Å²) in [7, 11) is 0. The Balaban J connectivity index is 1.48. The zero-order valence-corrected chi connectivity index (χ0v) is 16.5. The first-order valence-corrected chi connectivity index (χ1v) is 9.96. The van der Waals surface area contributed by atoms with Gasteiger partial charge in [-0.15, -0.1) is 10.2 Å². The molecular weight excluding hydrogens is 374 g/mol. The number of anilines is 1. The molecule has 7 heteroatoms. The average Bonchev–Trinajstić information content (AvgIpc) is 3.37. The number of hydrogen-bond donors (Lipinski definition) is 2. The number of aromatic amines is 1. The van der Waals surface area contributed by atoms with Gasteiger partial charge in [0.15, 0.2) is 5.82 Å². The van der Waals surface area contributed by atoms with Crippen molar-refractivity contribution >= 4 is 23.2 Å². The minimum absolute atomic E-state index is 0.104. The van der Waals surface area contributed by atoms with Crippen LogP contribution in [-0.4, -0.2) is 26.5 Å². The lowest BCUT2D eigenvalue weighted by Crippen LogP contribution is -2.14. The molecule has 0 saturated carbocycles. The molecule has 1 aromatic heterocycles. The van der Waals surface area contributed by atoms with Crippen LogP contribution in [0.5, 0.6) is 0 Å². The van der Waals surface area contributed by atoms with E-state index in [0.29, 0.717) is 22.3 Å². The Morgan fingerprint density at radius 1 is 1.25 bits per heavy atom. The van der Waals surface area contributed by atoms with Gasteiger partial charge in [0.2, 0.25) is 0 Å². The van der Waals surface area contributed by atoms with Crippen LogP contribution in [0, 0.1) is 0 Å². The summed E-state index contributed by atoms with van der Waals surface area (Å²) in [5.74, 6) is 0.907. The number of carbonyl (C=O) groups is 1. The number of rotatable bonds is 6. The third kappa shape index (κ3) is 3.92. The number of H-pyrrole nitrogens is 1. The number of benzene rings is 2. The first-order chi connectivity index (χ1) is 13.6. The van der Waals surface area contributed by atoms with Gasteiger partial charge in [0.25, 0.3) is 5.91 Å². The molecule has 0 bridgehead atoms. The second-order valence-electron chi connectivity index (χ2n) is 7.16. The predicted molar refractivity (Wildman–Crippen MR) is 109 cm³/mol. The molecule has 144 valence electrons. The Kier molecular flexibility index (Phi) is 5.39. The Morgan fingerprint density at radius 2 is 2.07 bits per heavy atom. The van der Waals surface area contributed by atoms with Crippen LogP contribution in [0.3, 0.4) is 0 Å². The standard InChI is InChI=1S/C21H22ClN5O/c1-2-13(11-20-24-26-27-25-20)14-6-8-17(9-7-14)23-21(28)19-12-16(22)10-15-4-3-5-18(15)19/h6-10,12-13H,2-5,11H2,1H3,(H,23,28)(H,24,25,26,27)/t13-/m1/s1. The summed E-state index contributed by atoms with van der Waals surface area (Å²) in [6, 6.07) is 11.7. The lowest BCUT2D eigenvalue weighted by molar-refractivity contribution is 0.102. The SMILES string of the molecule is CC[C@H](Cc1nn[nH]n1)c1ccc(NC(=O)c2cc(Cl)cc3c2CCC3)cc1. The summed E-state index contributed by atoms with van der Waals surface area (Å²) < 4.78 is 0. The second-order valence-corrected chi connectivity index (χ2v) is 7.59. The Labute approximate surface area is 168 Å². The first-order valence-electron chi connectivity index (χ1n) is 9.59. The Bertz CT molecular complexity index is 969. The molecule has 1 amide bonds. The molecule has 28 heavy (non-hydrogen) atoms. The van der Waals surface area contributed by atoms with Gasteiger partial charge in [-0.25, -0.2) is 0 Å². The van der Waals surface area contributed by atoms with Crippen LogP contribution in [0.1, 0.15) is 58.6 Å². The highest BCUT2D eigenvalue weighted by molar-refractivity contribution is 6.31. The van der Waals surface area contributed by atoms with E-state index in [0.717, 1.165) is 43.4 Å². The monoisotopic (exact) mass is 395 g/mol. The molecule has 1 heterocycles. The van der Waals surface area contributed by atoms with E-state index in [1.165, 1.54) is 11.1 Å². The van der Waals surface area contributed by atoms with Gasteiger partial charge < -0.3 is 5.32 Å². The van der Waals surface area contributed by atoms with E-state index in [9.17, 15) is 4.79 Å². The fourth-order valence-corrected chi connectivity index (χ4v) is 4.13. The van der Waals surface area contributed by atoms with Gasteiger partial charge >= 0.3 is 0 Å². The van der Waals surface area contributed by atoms with E-state index in [1.54, 1.807) is 6.07 Å². The maximum Gasteiger partial charge on any atom is 0.256 e. The summed E-state index contributed by atoms with van der Waals surface area (Å²) >= 11 is 6.21.